The molecular formula is C13H27NO2S. The standard InChI is InChI=1S/C13H27NO2S/c1-11(2)5-7-16-8-10-17-9-6-14-13(15)12(3)4/h11-12H,5-10H2,1-4H3,(H,14,15). The topological polar surface area (TPSA) is 38.3 Å². The van der Waals surface area contributed by atoms with Crippen molar-refractivity contribution in [3.05, 3.63) is 0 Å². The number of carbonyl (C=O) groups excluding carboxylic acids is 1. The third-order valence-electron chi connectivity index (χ3n) is 2.28. The molecule has 4 heteroatoms. The Morgan fingerprint density at radius 3 is 2.47 bits per heavy atom. The van der Waals surface area contributed by atoms with Crippen LogP contribution in [0.25, 0.3) is 0 Å². The lowest BCUT2D eigenvalue weighted by Crippen LogP contribution is -2.29. The minimum Gasteiger partial charge on any atom is -0.381 e. The van der Waals surface area contributed by atoms with Gasteiger partial charge in [-0.05, 0) is 12.3 Å². The molecule has 102 valence electrons. The van der Waals surface area contributed by atoms with Gasteiger partial charge in [-0.2, -0.15) is 11.8 Å². The molecule has 0 aromatic rings. The van der Waals surface area contributed by atoms with Gasteiger partial charge in [-0.15, -0.1) is 0 Å². The average Bonchev–Trinajstić information content (AvgIpc) is 2.25. The highest BCUT2D eigenvalue weighted by Gasteiger charge is 2.04. The Balaban J connectivity index is 3.11. The van der Waals surface area contributed by atoms with E-state index >= 15 is 0 Å². The van der Waals surface area contributed by atoms with Gasteiger partial charge in [0, 0.05) is 30.6 Å². The summed E-state index contributed by atoms with van der Waals surface area (Å²) in [5, 5.41) is 2.90. The Labute approximate surface area is 110 Å². The first-order valence-corrected chi connectivity index (χ1v) is 7.62. The third-order valence-corrected chi connectivity index (χ3v) is 3.23. The number of nitrogens with one attached hydrogen (secondary N) is 1. The summed E-state index contributed by atoms with van der Waals surface area (Å²) >= 11 is 1.83. The molecule has 0 unspecified atom stereocenters. The average molecular weight is 261 g/mol. The summed E-state index contributed by atoms with van der Waals surface area (Å²) in [6.45, 7) is 10.7. The molecular weight excluding hydrogens is 234 g/mol. The van der Waals surface area contributed by atoms with Crippen molar-refractivity contribution in [2.24, 2.45) is 11.8 Å². The zero-order chi connectivity index (χ0) is 13.1. The molecule has 17 heavy (non-hydrogen) atoms. The number of rotatable bonds is 10. The zero-order valence-electron chi connectivity index (χ0n) is 11.6. The molecule has 0 radical (unpaired) electrons. The molecule has 0 aromatic heterocycles. The van der Waals surface area contributed by atoms with Gasteiger partial charge in [-0.1, -0.05) is 27.7 Å². The monoisotopic (exact) mass is 261 g/mol. The van der Waals surface area contributed by atoms with E-state index in [0.29, 0.717) is 5.92 Å². The number of hydrogen-bond donors (Lipinski definition) is 1. The number of carbonyl (C=O) groups is 1. The van der Waals surface area contributed by atoms with Gasteiger partial charge in [0.05, 0.1) is 6.61 Å². The number of ether oxygens (including phenoxy) is 1. The van der Waals surface area contributed by atoms with Crippen LogP contribution in [0.2, 0.25) is 0 Å². The van der Waals surface area contributed by atoms with Crippen LogP contribution in [0.5, 0.6) is 0 Å². The predicted molar refractivity (Wildman–Crippen MR) is 75.4 cm³/mol. The molecule has 0 atom stereocenters. The van der Waals surface area contributed by atoms with E-state index in [1.165, 1.54) is 0 Å². The first-order chi connectivity index (χ1) is 8.04. The van der Waals surface area contributed by atoms with Crippen molar-refractivity contribution in [3.63, 3.8) is 0 Å². The summed E-state index contributed by atoms with van der Waals surface area (Å²) in [7, 11) is 0. The van der Waals surface area contributed by atoms with Crippen molar-refractivity contribution in [2.45, 2.75) is 34.1 Å². The van der Waals surface area contributed by atoms with E-state index in [4.69, 9.17) is 4.74 Å². The Kier molecular flexibility index (Phi) is 10.8. The molecule has 0 saturated heterocycles. The SMILES string of the molecule is CC(C)CCOCCSCCNC(=O)C(C)C. The van der Waals surface area contributed by atoms with Crippen LogP contribution in [0.15, 0.2) is 0 Å². The fraction of sp³-hybridized carbons (Fsp3) is 0.923. The van der Waals surface area contributed by atoms with E-state index in [9.17, 15) is 4.79 Å². The first kappa shape index (κ1) is 16.8. The first-order valence-electron chi connectivity index (χ1n) is 6.47. The van der Waals surface area contributed by atoms with Gasteiger partial charge in [0.25, 0.3) is 0 Å². The van der Waals surface area contributed by atoms with E-state index in [-0.39, 0.29) is 11.8 Å². The minimum atomic E-state index is 0.0827. The highest BCUT2D eigenvalue weighted by atomic mass is 32.2. The minimum absolute atomic E-state index is 0.0827. The lowest BCUT2D eigenvalue weighted by atomic mass is 10.1. The Morgan fingerprint density at radius 1 is 1.18 bits per heavy atom. The molecule has 0 aromatic carbocycles. The Bertz CT molecular complexity index is 196. The van der Waals surface area contributed by atoms with Gasteiger partial charge in [0.1, 0.15) is 0 Å². The lowest BCUT2D eigenvalue weighted by Gasteiger charge is -2.08. The second-order valence-electron chi connectivity index (χ2n) is 4.85. The summed E-state index contributed by atoms with van der Waals surface area (Å²) in [5.74, 6) is 2.91. The largest absolute Gasteiger partial charge is 0.381 e. The molecule has 1 N–H and O–H groups in total. The molecule has 0 fully saturated rings. The molecule has 1 amide bonds. The Morgan fingerprint density at radius 2 is 1.88 bits per heavy atom. The number of amides is 1. The molecule has 0 aliphatic heterocycles. The fourth-order valence-electron chi connectivity index (χ4n) is 1.09. The van der Waals surface area contributed by atoms with Crippen LogP contribution in [0, 0.1) is 11.8 Å². The van der Waals surface area contributed by atoms with Crippen LogP contribution in [-0.2, 0) is 9.53 Å². The summed E-state index contributed by atoms with van der Waals surface area (Å²) < 4.78 is 5.50. The number of thioether (sulfide) groups is 1. The molecule has 0 spiro atoms. The van der Waals surface area contributed by atoms with Gasteiger partial charge in [-0.25, -0.2) is 0 Å². The van der Waals surface area contributed by atoms with Gasteiger partial charge in [0.2, 0.25) is 5.91 Å². The molecule has 0 heterocycles. The van der Waals surface area contributed by atoms with E-state index in [1.54, 1.807) is 0 Å². The van der Waals surface area contributed by atoms with Gasteiger partial charge < -0.3 is 10.1 Å². The fourth-order valence-corrected chi connectivity index (χ4v) is 1.78. The quantitative estimate of drug-likeness (QED) is 0.614. The van der Waals surface area contributed by atoms with E-state index in [2.05, 4.69) is 19.2 Å². The van der Waals surface area contributed by atoms with Crippen LogP contribution in [-0.4, -0.2) is 37.2 Å². The lowest BCUT2D eigenvalue weighted by molar-refractivity contribution is -0.123. The van der Waals surface area contributed by atoms with E-state index in [1.807, 2.05) is 25.6 Å². The van der Waals surface area contributed by atoms with Gasteiger partial charge in [-0.3, -0.25) is 4.79 Å². The van der Waals surface area contributed by atoms with Crippen molar-refractivity contribution in [3.8, 4) is 0 Å². The summed E-state index contributed by atoms with van der Waals surface area (Å²) in [6.07, 6.45) is 1.13. The second-order valence-corrected chi connectivity index (χ2v) is 6.08. The van der Waals surface area contributed by atoms with Crippen molar-refractivity contribution in [2.75, 3.05) is 31.3 Å². The van der Waals surface area contributed by atoms with Crippen LogP contribution in [0.3, 0.4) is 0 Å². The molecule has 0 aliphatic rings. The second kappa shape index (κ2) is 10.9. The van der Waals surface area contributed by atoms with Crippen molar-refractivity contribution >= 4 is 17.7 Å². The molecule has 0 rings (SSSR count). The summed E-state index contributed by atoms with van der Waals surface area (Å²) in [5.41, 5.74) is 0. The van der Waals surface area contributed by atoms with Crippen molar-refractivity contribution in [1.82, 2.24) is 5.32 Å². The molecule has 3 nitrogen and oxygen atoms in total. The van der Waals surface area contributed by atoms with Crippen molar-refractivity contribution < 1.29 is 9.53 Å². The van der Waals surface area contributed by atoms with E-state index < -0.39 is 0 Å². The summed E-state index contributed by atoms with van der Waals surface area (Å²) in [4.78, 5) is 11.2. The maximum absolute atomic E-state index is 11.2. The van der Waals surface area contributed by atoms with Crippen LogP contribution in [0.4, 0.5) is 0 Å². The summed E-state index contributed by atoms with van der Waals surface area (Å²) in [6, 6.07) is 0. The van der Waals surface area contributed by atoms with Crippen LogP contribution in [0.1, 0.15) is 34.1 Å². The van der Waals surface area contributed by atoms with E-state index in [0.717, 1.165) is 37.7 Å². The number of hydrogen-bond acceptors (Lipinski definition) is 3. The third kappa shape index (κ3) is 12.0. The smallest absolute Gasteiger partial charge is 0.222 e. The maximum atomic E-state index is 11.2. The van der Waals surface area contributed by atoms with Gasteiger partial charge in [0.15, 0.2) is 0 Å². The Hall–Kier alpha value is -0.220. The van der Waals surface area contributed by atoms with Crippen molar-refractivity contribution in [1.29, 1.82) is 0 Å². The molecule has 0 saturated carbocycles. The van der Waals surface area contributed by atoms with Crippen LogP contribution < -0.4 is 5.32 Å². The highest BCUT2D eigenvalue weighted by Crippen LogP contribution is 2.01. The zero-order valence-corrected chi connectivity index (χ0v) is 12.4. The van der Waals surface area contributed by atoms with Crippen LogP contribution >= 0.6 is 11.8 Å². The molecule has 0 bridgehead atoms. The van der Waals surface area contributed by atoms with Gasteiger partial charge >= 0.3 is 0 Å². The molecule has 0 aliphatic carbocycles. The predicted octanol–water partition coefficient (Wildman–Crippen LogP) is 2.55. The highest BCUT2D eigenvalue weighted by molar-refractivity contribution is 7.99. The normalized spacial score (nSPS) is 11.2. The maximum Gasteiger partial charge on any atom is 0.222 e.